The number of hydrogen-bond donors (Lipinski definition) is 2. The van der Waals surface area contributed by atoms with Crippen molar-refractivity contribution in [2.24, 2.45) is 5.92 Å². The van der Waals surface area contributed by atoms with Crippen LogP contribution in [0.2, 0.25) is 0 Å². The van der Waals surface area contributed by atoms with Crippen LogP contribution in [0.3, 0.4) is 0 Å². The van der Waals surface area contributed by atoms with Crippen LogP contribution in [0.25, 0.3) is 0 Å². The molecule has 0 saturated carbocycles. The molecule has 0 spiro atoms. The third kappa shape index (κ3) is 19.5. The van der Waals surface area contributed by atoms with Crippen molar-refractivity contribution in [3.05, 3.63) is 65.2 Å². The smallest absolute Gasteiger partial charge is 0.444 e. The van der Waals surface area contributed by atoms with E-state index in [9.17, 15) is 27.8 Å². The van der Waals surface area contributed by atoms with E-state index in [1.165, 1.54) is 28.7 Å². The van der Waals surface area contributed by atoms with E-state index in [1.54, 1.807) is 34.6 Å². The fourth-order valence-electron chi connectivity index (χ4n) is 4.61. The number of aryl methyl sites for hydroxylation is 1. The number of aliphatic hydroxyl groups excluding tert-OH is 1. The lowest BCUT2D eigenvalue weighted by Gasteiger charge is -2.29. The van der Waals surface area contributed by atoms with E-state index in [4.69, 9.17) is 22.7 Å². The monoisotopic (exact) mass is 729 g/mol. The molecular weight excluding hydrogens is 673 g/mol. The van der Waals surface area contributed by atoms with E-state index < -0.39 is 42.3 Å². The minimum Gasteiger partial charge on any atom is -0.444 e. The molecule has 0 heterocycles. The Balaban J connectivity index is 1.96. The minimum absolute atomic E-state index is 0.0381. The number of rotatable bonds is 23. The first-order valence-electron chi connectivity index (χ1n) is 16.9. The molecule has 0 bridgehead atoms. The largest absolute Gasteiger partial charge is 0.527 e. The van der Waals surface area contributed by atoms with Gasteiger partial charge in [-0.05, 0) is 82.1 Å². The fraction of sp³-hybridized carbons (Fsp3) is 0.629. The highest BCUT2D eigenvalue weighted by atomic mass is 32.2. The minimum atomic E-state index is -4.54. The van der Waals surface area contributed by atoms with Crippen molar-refractivity contribution in [1.29, 1.82) is 0 Å². The highest BCUT2D eigenvalue weighted by molar-refractivity contribution is 7.85. The summed E-state index contributed by atoms with van der Waals surface area (Å²) in [5.41, 5.74) is 0.992. The quantitative estimate of drug-likeness (QED) is 0.0678. The zero-order valence-corrected chi connectivity index (χ0v) is 31.5. The number of benzene rings is 2. The van der Waals surface area contributed by atoms with Gasteiger partial charge in [0.25, 0.3) is 10.1 Å². The highest BCUT2D eigenvalue weighted by Crippen LogP contribution is 2.45. The van der Waals surface area contributed by atoms with Crippen molar-refractivity contribution in [2.45, 2.75) is 97.9 Å². The van der Waals surface area contributed by atoms with Crippen LogP contribution in [-0.2, 0) is 45.9 Å². The first kappa shape index (κ1) is 42.7. The Labute approximate surface area is 292 Å². The average Bonchev–Trinajstić information content (AvgIpc) is 3.00. The van der Waals surface area contributed by atoms with Gasteiger partial charge in [-0.1, -0.05) is 63.1 Å². The predicted octanol–water partition coefficient (Wildman–Crippen LogP) is 7.19. The van der Waals surface area contributed by atoms with Crippen LogP contribution in [0.4, 0.5) is 4.79 Å². The number of aliphatic hydroxyl groups is 1. The van der Waals surface area contributed by atoms with Crippen LogP contribution in [0.15, 0.2) is 48.5 Å². The summed E-state index contributed by atoms with van der Waals surface area (Å²) in [6.07, 6.45) is 5.61. The summed E-state index contributed by atoms with van der Waals surface area (Å²) in [4.78, 5) is 24.7. The van der Waals surface area contributed by atoms with Crippen molar-refractivity contribution in [2.75, 3.05) is 39.2 Å². The fourth-order valence-corrected chi connectivity index (χ4v) is 5.92. The number of ether oxygens (including phenoxy) is 2. The summed E-state index contributed by atoms with van der Waals surface area (Å²) in [5.74, 6) is -0.184. The zero-order valence-electron chi connectivity index (χ0n) is 29.8. The summed E-state index contributed by atoms with van der Waals surface area (Å²) < 4.78 is 62.5. The Morgan fingerprint density at radius 3 is 2.24 bits per heavy atom. The molecule has 0 aliphatic carbocycles. The normalized spacial score (nSPS) is 14.0. The maximum Gasteiger partial charge on any atom is 0.527 e. The van der Waals surface area contributed by atoms with Gasteiger partial charge in [0.05, 0.1) is 32.1 Å². The zero-order chi connectivity index (χ0) is 36.5. The summed E-state index contributed by atoms with van der Waals surface area (Å²) in [6.45, 7) is 9.98. The maximum atomic E-state index is 13.1. The van der Waals surface area contributed by atoms with Gasteiger partial charge in [0.1, 0.15) is 11.4 Å². The van der Waals surface area contributed by atoms with Crippen molar-refractivity contribution in [1.82, 2.24) is 4.90 Å². The summed E-state index contributed by atoms with van der Waals surface area (Å²) >= 11 is 0. The molecule has 0 aliphatic rings. The van der Waals surface area contributed by atoms with Crippen molar-refractivity contribution in [3.63, 3.8) is 0 Å². The van der Waals surface area contributed by atoms with Crippen molar-refractivity contribution < 1.29 is 50.5 Å². The number of phosphoric ester groups is 1. The maximum absolute atomic E-state index is 13.1. The Kier molecular flexibility index (Phi) is 18.3. The number of nitrogens with zero attached hydrogens (tertiary/aromatic N) is 1. The van der Waals surface area contributed by atoms with Gasteiger partial charge < -0.3 is 24.0 Å². The van der Waals surface area contributed by atoms with Gasteiger partial charge in [0, 0.05) is 25.3 Å². The van der Waals surface area contributed by atoms with Crippen LogP contribution in [0.1, 0.15) is 95.9 Å². The van der Waals surface area contributed by atoms with Gasteiger partial charge in [0.15, 0.2) is 0 Å². The molecule has 0 aliphatic heterocycles. The van der Waals surface area contributed by atoms with Crippen LogP contribution in [0.5, 0.6) is 5.75 Å². The van der Waals surface area contributed by atoms with Crippen LogP contribution in [0, 0.1) is 5.92 Å². The second-order valence-corrected chi connectivity index (χ2v) is 16.5. The standard InChI is InChI=1S/C35H56NO11PS/c1-28(2)26-44-48(39,40)47-33-20-19-30(24-31(33)27-45-49(6,41)42)32(37)25-36(34(38)46-35(3,4)5)21-13-7-8-14-22-43-23-15-12-18-29-16-10-9-11-17-29/h9-11,16-17,19-20,24,28,32,37H,7-8,12-15,18,21-23,25-27H2,1-6H3,(H,39,40). The molecule has 0 fully saturated rings. The van der Waals surface area contributed by atoms with Gasteiger partial charge in [-0.2, -0.15) is 8.42 Å². The molecule has 49 heavy (non-hydrogen) atoms. The average molecular weight is 730 g/mol. The van der Waals surface area contributed by atoms with Crippen LogP contribution in [-0.4, -0.2) is 74.2 Å². The molecule has 2 rings (SSSR count). The van der Waals surface area contributed by atoms with Gasteiger partial charge >= 0.3 is 13.9 Å². The van der Waals surface area contributed by atoms with E-state index in [0.717, 1.165) is 51.4 Å². The Morgan fingerprint density at radius 1 is 0.959 bits per heavy atom. The third-order valence-corrected chi connectivity index (χ3v) is 8.49. The molecule has 2 aromatic rings. The predicted molar refractivity (Wildman–Crippen MR) is 189 cm³/mol. The first-order valence-corrected chi connectivity index (χ1v) is 20.2. The molecule has 0 saturated heterocycles. The second kappa shape index (κ2) is 21.0. The Hall–Kier alpha value is -2.51. The molecule has 278 valence electrons. The van der Waals surface area contributed by atoms with Gasteiger partial charge in [0.2, 0.25) is 0 Å². The molecule has 2 atom stereocenters. The molecule has 14 heteroatoms. The SMILES string of the molecule is CC(C)COP(=O)(O)Oc1ccc(C(O)CN(CCCCCCOCCCCc2ccccc2)C(=O)OC(C)(C)C)cc1COS(C)(=O)=O. The van der Waals surface area contributed by atoms with E-state index in [2.05, 4.69) is 24.3 Å². The van der Waals surface area contributed by atoms with Crippen molar-refractivity contribution in [3.8, 4) is 5.75 Å². The number of unbranched alkanes of at least 4 members (excludes halogenated alkanes) is 4. The van der Waals surface area contributed by atoms with Crippen molar-refractivity contribution >= 4 is 24.0 Å². The molecule has 0 radical (unpaired) electrons. The lowest BCUT2D eigenvalue weighted by Crippen LogP contribution is -2.39. The molecule has 1 amide bonds. The number of carbonyl (C=O) groups is 1. The molecule has 2 unspecified atom stereocenters. The summed E-state index contributed by atoms with van der Waals surface area (Å²) in [6, 6.07) is 14.6. The Morgan fingerprint density at radius 2 is 1.61 bits per heavy atom. The third-order valence-electron chi connectivity index (χ3n) is 7.04. The lowest BCUT2D eigenvalue weighted by atomic mass is 10.0. The first-order chi connectivity index (χ1) is 22.9. The summed E-state index contributed by atoms with van der Waals surface area (Å²) in [7, 11) is -8.42. The number of hydrogen-bond acceptors (Lipinski definition) is 10. The number of carbonyl (C=O) groups excluding carboxylic acids is 1. The van der Waals surface area contributed by atoms with Gasteiger partial charge in [-0.15, -0.1) is 0 Å². The summed E-state index contributed by atoms with van der Waals surface area (Å²) in [5, 5.41) is 11.2. The van der Waals surface area contributed by atoms with Gasteiger partial charge in [-0.25, -0.2) is 9.36 Å². The number of amides is 1. The van der Waals surface area contributed by atoms with E-state index in [-0.39, 0.29) is 30.4 Å². The highest BCUT2D eigenvalue weighted by Gasteiger charge is 2.28. The molecule has 2 N–H and O–H groups in total. The lowest BCUT2D eigenvalue weighted by molar-refractivity contribution is 0.0140. The van der Waals surface area contributed by atoms with Crippen LogP contribution < -0.4 is 4.52 Å². The molecule has 0 aromatic heterocycles. The second-order valence-electron chi connectivity index (χ2n) is 13.5. The molecular formula is C35H56NO11PS. The Bertz CT molecular complexity index is 1410. The van der Waals surface area contributed by atoms with Gasteiger partial charge in [-0.3, -0.25) is 13.6 Å². The van der Waals surface area contributed by atoms with E-state index in [1.807, 2.05) is 6.07 Å². The molecule has 2 aromatic carbocycles. The molecule has 12 nitrogen and oxygen atoms in total. The van der Waals surface area contributed by atoms with Crippen LogP contribution >= 0.6 is 7.82 Å². The van der Waals surface area contributed by atoms with E-state index >= 15 is 0 Å². The number of phosphoric acid groups is 1. The topological polar surface area (TPSA) is 158 Å². The van der Waals surface area contributed by atoms with E-state index in [0.29, 0.717) is 25.1 Å².